The van der Waals surface area contributed by atoms with Crippen LogP contribution in [0.5, 0.6) is 5.75 Å². The van der Waals surface area contributed by atoms with Crippen LogP contribution in [0.2, 0.25) is 0 Å². The predicted octanol–water partition coefficient (Wildman–Crippen LogP) is 2.26. The Bertz CT molecular complexity index is 578. The highest BCUT2D eigenvalue weighted by Gasteiger charge is 2.18. The number of aromatic nitrogens is 1. The van der Waals surface area contributed by atoms with E-state index in [1.165, 1.54) is 0 Å². The number of aliphatic hydroxyl groups is 1. The third-order valence-electron chi connectivity index (χ3n) is 3.81. The van der Waals surface area contributed by atoms with Gasteiger partial charge in [0.1, 0.15) is 5.75 Å². The molecule has 108 valence electrons. The molecule has 1 saturated heterocycles. The molecule has 0 amide bonds. The first-order chi connectivity index (χ1) is 9.78. The highest BCUT2D eigenvalue weighted by atomic mass is 32.2. The second kappa shape index (κ2) is 6.08. The number of H-pyrrole nitrogens is 1. The number of thioether (sulfide) groups is 1. The van der Waals surface area contributed by atoms with E-state index in [-0.39, 0.29) is 0 Å². The molecule has 2 heterocycles. The molecule has 1 aromatic carbocycles. The van der Waals surface area contributed by atoms with Crippen molar-refractivity contribution in [2.75, 3.05) is 38.2 Å². The number of nitrogens with zero attached hydrogens (tertiary/aromatic N) is 1. The Kier molecular flexibility index (Phi) is 4.19. The van der Waals surface area contributed by atoms with Crippen LogP contribution in [-0.2, 0) is 0 Å². The van der Waals surface area contributed by atoms with Crippen molar-refractivity contribution >= 4 is 22.7 Å². The summed E-state index contributed by atoms with van der Waals surface area (Å²) in [6.45, 7) is 2.82. The van der Waals surface area contributed by atoms with Crippen molar-refractivity contribution in [2.45, 2.75) is 6.10 Å². The summed E-state index contributed by atoms with van der Waals surface area (Å²) in [4.78, 5) is 5.55. The summed E-state index contributed by atoms with van der Waals surface area (Å²) in [7, 11) is 1.66. The Morgan fingerprint density at radius 1 is 1.40 bits per heavy atom. The van der Waals surface area contributed by atoms with Crippen LogP contribution in [0.4, 0.5) is 0 Å². The van der Waals surface area contributed by atoms with Crippen molar-refractivity contribution in [3.8, 4) is 5.75 Å². The molecule has 20 heavy (non-hydrogen) atoms. The van der Waals surface area contributed by atoms with Crippen LogP contribution >= 0.6 is 11.8 Å². The van der Waals surface area contributed by atoms with Crippen molar-refractivity contribution in [1.29, 1.82) is 0 Å². The molecule has 0 spiro atoms. The molecule has 2 aromatic rings. The molecule has 3 rings (SSSR count). The van der Waals surface area contributed by atoms with E-state index in [4.69, 9.17) is 4.74 Å². The highest BCUT2D eigenvalue weighted by molar-refractivity contribution is 7.99. The van der Waals surface area contributed by atoms with Crippen molar-refractivity contribution in [2.24, 2.45) is 0 Å². The Morgan fingerprint density at radius 2 is 2.20 bits per heavy atom. The third-order valence-corrected chi connectivity index (χ3v) is 4.76. The van der Waals surface area contributed by atoms with E-state index in [2.05, 4.69) is 9.88 Å². The minimum absolute atomic E-state index is 0.459. The average Bonchev–Trinajstić information content (AvgIpc) is 2.91. The lowest BCUT2D eigenvalue weighted by atomic mass is 10.1. The lowest BCUT2D eigenvalue weighted by Gasteiger charge is -2.28. The summed E-state index contributed by atoms with van der Waals surface area (Å²) in [5.41, 5.74) is 1.99. The molecule has 0 unspecified atom stereocenters. The fourth-order valence-electron chi connectivity index (χ4n) is 2.65. The molecule has 5 heteroatoms. The summed E-state index contributed by atoms with van der Waals surface area (Å²) >= 11 is 1.98. The van der Waals surface area contributed by atoms with E-state index in [0.717, 1.165) is 46.8 Å². The fraction of sp³-hybridized carbons (Fsp3) is 0.467. The molecule has 1 aliphatic heterocycles. The van der Waals surface area contributed by atoms with Crippen LogP contribution in [-0.4, -0.2) is 53.2 Å². The van der Waals surface area contributed by atoms with Crippen molar-refractivity contribution in [3.63, 3.8) is 0 Å². The summed E-state index contributed by atoms with van der Waals surface area (Å²) in [6, 6.07) is 5.90. The van der Waals surface area contributed by atoms with Gasteiger partial charge in [-0.25, -0.2) is 0 Å². The number of aliphatic hydroxyl groups excluding tert-OH is 1. The van der Waals surface area contributed by atoms with E-state index in [1.807, 2.05) is 36.2 Å². The number of methoxy groups -OCH3 is 1. The normalized spacial score (nSPS) is 18.3. The van der Waals surface area contributed by atoms with Gasteiger partial charge < -0.3 is 14.8 Å². The maximum atomic E-state index is 10.5. The van der Waals surface area contributed by atoms with Crippen LogP contribution in [0.25, 0.3) is 10.9 Å². The van der Waals surface area contributed by atoms with Crippen molar-refractivity contribution < 1.29 is 9.84 Å². The minimum atomic E-state index is -0.459. The van der Waals surface area contributed by atoms with Crippen LogP contribution in [0.1, 0.15) is 11.7 Å². The fourth-order valence-corrected chi connectivity index (χ4v) is 3.63. The second-order valence-corrected chi connectivity index (χ2v) is 6.31. The molecule has 0 radical (unpaired) electrons. The Morgan fingerprint density at radius 3 is 2.95 bits per heavy atom. The highest BCUT2D eigenvalue weighted by Crippen LogP contribution is 2.28. The van der Waals surface area contributed by atoms with Crippen molar-refractivity contribution in [1.82, 2.24) is 9.88 Å². The van der Waals surface area contributed by atoms with Gasteiger partial charge in [0.2, 0.25) is 0 Å². The number of ether oxygens (including phenoxy) is 1. The smallest absolute Gasteiger partial charge is 0.119 e. The number of hydrogen-bond acceptors (Lipinski definition) is 4. The molecular weight excluding hydrogens is 272 g/mol. The predicted molar refractivity (Wildman–Crippen MR) is 83.6 cm³/mol. The van der Waals surface area contributed by atoms with E-state index >= 15 is 0 Å². The first-order valence-corrected chi connectivity index (χ1v) is 8.06. The first-order valence-electron chi connectivity index (χ1n) is 6.91. The number of aromatic amines is 1. The van der Waals surface area contributed by atoms with Gasteiger partial charge in [-0.2, -0.15) is 11.8 Å². The third kappa shape index (κ3) is 2.80. The van der Waals surface area contributed by atoms with Gasteiger partial charge in [-0.05, 0) is 18.2 Å². The van der Waals surface area contributed by atoms with Gasteiger partial charge in [-0.1, -0.05) is 0 Å². The van der Waals surface area contributed by atoms with E-state index in [9.17, 15) is 5.11 Å². The lowest BCUT2D eigenvalue weighted by molar-refractivity contribution is 0.120. The monoisotopic (exact) mass is 292 g/mol. The number of rotatable bonds is 4. The van der Waals surface area contributed by atoms with Crippen LogP contribution < -0.4 is 4.74 Å². The van der Waals surface area contributed by atoms with E-state index < -0.39 is 6.10 Å². The molecule has 0 aliphatic carbocycles. The van der Waals surface area contributed by atoms with Gasteiger partial charge in [0.15, 0.2) is 0 Å². The maximum absolute atomic E-state index is 10.5. The van der Waals surface area contributed by atoms with Crippen LogP contribution in [0, 0.1) is 0 Å². The zero-order valence-corrected chi connectivity index (χ0v) is 12.4. The number of β-amino-alcohol motifs (C(OH)–C–C–N with tert-alkyl or cyclic N) is 1. The number of nitrogens with one attached hydrogen (secondary N) is 1. The largest absolute Gasteiger partial charge is 0.497 e. The molecule has 1 atom stereocenters. The molecule has 0 bridgehead atoms. The number of fused-ring (bicyclic) bond motifs is 1. The van der Waals surface area contributed by atoms with Crippen LogP contribution in [0.3, 0.4) is 0 Å². The SMILES string of the molecule is COc1ccc2[nH]cc([C@H](O)CN3CCSCC3)c2c1. The summed E-state index contributed by atoms with van der Waals surface area (Å²) in [6.07, 6.45) is 1.45. The zero-order valence-electron chi connectivity index (χ0n) is 11.6. The summed E-state index contributed by atoms with van der Waals surface area (Å²) < 4.78 is 5.27. The van der Waals surface area contributed by atoms with Gasteiger partial charge in [-0.15, -0.1) is 0 Å². The van der Waals surface area contributed by atoms with Crippen molar-refractivity contribution in [3.05, 3.63) is 30.0 Å². The second-order valence-electron chi connectivity index (χ2n) is 5.08. The van der Waals surface area contributed by atoms with E-state index in [1.54, 1.807) is 7.11 Å². The first kappa shape index (κ1) is 13.8. The van der Waals surface area contributed by atoms with Gasteiger partial charge >= 0.3 is 0 Å². The lowest BCUT2D eigenvalue weighted by Crippen LogP contribution is -2.35. The standard InChI is InChI=1S/C15H20N2O2S/c1-19-11-2-3-14-12(8-11)13(9-16-14)15(18)10-17-4-6-20-7-5-17/h2-3,8-9,15-16,18H,4-7,10H2,1H3/t15-/m1/s1. The Balaban J connectivity index is 1.81. The molecule has 2 N–H and O–H groups in total. The molecule has 0 saturated carbocycles. The zero-order chi connectivity index (χ0) is 13.9. The topological polar surface area (TPSA) is 48.5 Å². The van der Waals surface area contributed by atoms with Crippen LogP contribution in [0.15, 0.2) is 24.4 Å². The molecule has 1 aliphatic rings. The Hall–Kier alpha value is -1.17. The Labute approximate surface area is 123 Å². The molecular formula is C15H20N2O2S. The van der Waals surface area contributed by atoms with Gasteiger partial charge in [0.05, 0.1) is 13.2 Å². The quantitative estimate of drug-likeness (QED) is 0.907. The number of benzene rings is 1. The summed E-state index contributed by atoms with van der Waals surface area (Å²) in [5, 5.41) is 11.6. The minimum Gasteiger partial charge on any atom is -0.497 e. The molecule has 1 fully saturated rings. The molecule has 1 aromatic heterocycles. The molecule has 4 nitrogen and oxygen atoms in total. The van der Waals surface area contributed by atoms with E-state index in [0.29, 0.717) is 6.54 Å². The number of hydrogen-bond donors (Lipinski definition) is 2. The maximum Gasteiger partial charge on any atom is 0.119 e. The summed E-state index contributed by atoms with van der Waals surface area (Å²) in [5.74, 6) is 3.14. The van der Waals surface area contributed by atoms with Gasteiger partial charge in [0, 0.05) is 53.8 Å². The van der Waals surface area contributed by atoms with Gasteiger partial charge in [0.25, 0.3) is 0 Å². The van der Waals surface area contributed by atoms with Gasteiger partial charge in [-0.3, -0.25) is 4.90 Å². The average molecular weight is 292 g/mol.